The number of hydrogen-bond donors (Lipinski definition) is 1. The minimum absolute atomic E-state index is 0.0625. The molecule has 0 bridgehead atoms. The van der Waals surface area contributed by atoms with Gasteiger partial charge in [-0.25, -0.2) is 9.53 Å². The third kappa shape index (κ3) is 3.42. The Balaban J connectivity index is 2.32. The van der Waals surface area contributed by atoms with Crippen LogP contribution >= 0.6 is 0 Å². The molecule has 2 rings (SSSR count). The molecule has 0 spiro atoms. The van der Waals surface area contributed by atoms with Crippen LogP contribution in [0.2, 0.25) is 0 Å². The number of aromatic nitrogens is 1. The summed E-state index contributed by atoms with van der Waals surface area (Å²) in [5.41, 5.74) is 0.730. The number of carbonyl (C=O) groups excluding carboxylic acids is 1. The van der Waals surface area contributed by atoms with Crippen molar-refractivity contribution >= 4 is 5.91 Å². The largest absolute Gasteiger partial charge is 0.370 e. The van der Waals surface area contributed by atoms with Gasteiger partial charge in [-0.3, -0.25) is 4.79 Å². The highest BCUT2D eigenvalue weighted by molar-refractivity contribution is 5.99. The Hall–Kier alpha value is -2.30. The van der Waals surface area contributed by atoms with Crippen molar-refractivity contribution in [3.8, 4) is 11.3 Å². The zero-order chi connectivity index (χ0) is 15.4. The van der Waals surface area contributed by atoms with Crippen LogP contribution < -0.4 is 10.9 Å². The molecule has 5 nitrogen and oxygen atoms in total. The zero-order valence-corrected chi connectivity index (χ0v) is 12.6. The average Bonchev–Trinajstić information content (AvgIpc) is 2.74. The van der Waals surface area contributed by atoms with E-state index in [2.05, 4.69) is 19.2 Å². The van der Waals surface area contributed by atoms with Crippen molar-refractivity contribution in [1.82, 2.24) is 10.1 Å². The van der Waals surface area contributed by atoms with Gasteiger partial charge in [-0.05, 0) is 12.3 Å². The van der Waals surface area contributed by atoms with Crippen molar-refractivity contribution in [2.45, 2.75) is 20.3 Å². The monoisotopic (exact) mass is 288 g/mol. The standard InChI is InChI=1S/C16H20N2O3/c1-11(2)9-10-17-15(19)13-14(18(3)21-16(13)20)12-7-5-4-6-8-12/h4-8,11H,9-10H2,1-3H3,(H,17,19). The third-order valence-electron chi connectivity index (χ3n) is 3.26. The summed E-state index contributed by atoms with van der Waals surface area (Å²) in [5, 5.41) is 2.78. The molecule has 0 atom stereocenters. The van der Waals surface area contributed by atoms with Gasteiger partial charge in [-0.2, -0.15) is 0 Å². The summed E-state index contributed by atoms with van der Waals surface area (Å²) in [4.78, 5) is 24.2. The summed E-state index contributed by atoms with van der Waals surface area (Å²) in [6, 6.07) is 9.27. The normalized spacial score (nSPS) is 10.9. The van der Waals surface area contributed by atoms with Crippen LogP contribution in [-0.4, -0.2) is 17.2 Å². The van der Waals surface area contributed by atoms with Gasteiger partial charge in [0.05, 0.1) is 0 Å². The highest BCUT2D eigenvalue weighted by atomic mass is 16.5. The molecule has 1 amide bonds. The molecular weight excluding hydrogens is 268 g/mol. The van der Waals surface area contributed by atoms with Gasteiger partial charge in [0.15, 0.2) is 5.56 Å². The van der Waals surface area contributed by atoms with E-state index in [1.54, 1.807) is 7.05 Å². The molecule has 0 radical (unpaired) electrons. The summed E-state index contributed by atoms with van der Waals surface area (Å²) in [6.45, 7) is 4.70. The van der Waals surface area contributed by atoms with Crippen LogP contribution in [0.25, 0.3) is 11.3 Å². The second-order valence-corrected chi connectivity index (χ2v) is 5.40. The van der Waals surface area contributed by atoms with E-state index in [4.69, 9.17) is 4.52 Å². The van der Waals surface area contributed by atoms with Crippen molar-refractivity contribution in [1.29, 1.82) is 0 Å². The SMILES string of the molecule is CC(C)CCNC(=O)c1c(-c2ccccc2)n(C)oc1=O. The fourth-order valence-corrected chi connectivity index (χ4v) is 2.15. The van der Waals surface area contributed by atoms with Crippen LogP contribution in [0.3, 0.4) is 0 Å². The average molecular weight is 288 g/mol. The minimum Gasteiger partial charge on any atom is -0.352 e. The third-order valence-corrected chi connectivity index (χ3v) is 3.26. The van der Waals surface area contributed by atoms with E-state index in [1.807, 2.05) is 30.3 Å². The van der Waals surface area contributed by atoms with Gasteiger partial charge >= 0.3 is 5.63 Å². The van der Waals surface area contributed by atoms with Gasteiger partial charge < -0.3 is 9.84 Å². The number of aryl methyl sites for hydroxylation is 1. The van der Waals surface area contributed by atoms with Gasteiger partial charge in [-0.1, -0.05) is 44.2 Å². The number of nitrogens with zero attached hydrogens (tertiary/aromatic N) is 1. The number of carbonyl (C=O) groups is 1. The molecule has 0 unspecified atom stereocenters. The molecule has 0 fully saturated rings. The van der Waals surface area contributed by atoms with Crippen LogP contribution in [0.1, 0.15) is 30.6 Å². The predicted molar refractivity (Wildman–Crippen MR) is 81.2 cm³/mol. The fourth-order valence-electron chi connectivity index (χ4n) is 2.15. The summed E-state index contributed by atoms with van der Waals surface area (Å²) < 4.78 is 6.39. The van der Waals surface area contributed by atoms with Crippen molar-refractivity contribution < 1.29 is 9.32 Å². The highest BCUT2D eigenvalue weighted by Crippen LogP contribution is 2.21. The molecular formula is C16H20N2O3. The first-order chi connectivity index (χ1) is 10.0. The molecule has 0 aliphatic heterocycles. The van der Waals surface area contributed by atoms with Crippen molar-refractivity contribution in [2.75, 3.05) is 6.54 Å². The Bertz CT molecular complexity index is 669. The first-order valence-electron chi connectivity index (χ1n) is 7.04. The number of rotatable bonds is 5. The molecule has 0 aliphatic rings. The van der Waals surface area contributed by atoms with E-state index in [0.29, 0.717) is 18.2 Å². The van der Waals surface area contributed by atoms with Gasteiger partial charge in [-0.15, -0.1) is 0 Å². The lowest BCUT2D eigenvalue weighted by Crippen LogP contribution is -2.29. The Morgan fingerprint density at radius 1 is 1.29 bits per heavy atom. The Morgan fingerprint density at radius 2 is 1.95 bits per heavy atom. The first-order valence-corrected chi connectivity index (χ1v) is 7.04. The highest BCUT2D eigenvalue weighted by Gasteiger charge is 2.23. The molecule has 1 aromatic carbocycles. The lowest BCUT2D eigenvalue weighted by Gasteiger charge is -2.07. The molecule has 21 heavy (non-hydrogen) atoms. The van der Waals surface area contributed by atoms with E-state index in [0.717, 1.165) is 12.0 Å². The zero-order valence-electron chi connectivity index (χ0n) is 12.6. The maximum Gasteiger partial charge on any atom is 0.370 e. The van der Waals surface area contributed by atoms with Gasteiger partial charge in [0.1, 0.15) is 5.69 Å². The van der Waals surface area contributed by atoms with Crippen LogP contribution in [0.4, 0.5) is 0 Å². The molecule has 112 valence electrons. The number of nitrogens with one attached hydrogen (secondary N) is 1. The minimum atomic E-state index is -0.613. The molecule has 0 saturated heterocycles. The molecule has 0 aliphatic carbocycles. The molecule has 0 saturated carbocycles. The van der Waals surface area contributed by atoms with Crippen LogP contribution in [0.5, 0.6) is 0 Å². The molecule has 2 aromatic rings. The lowest BCUT2D eigenvalue weighted by atomic mass is 10.1. The van der Waals surface area contributed by atoms with Crippen molar-refractivity contribution in [2.24, 2.45) is 13.0 Å². The van der Waals surface area contributed by atoms with E-state index in [9.17, 15) is 9.59 Å². The number of amides is 1. The van der Waals surface area contributed by atoms with Crippen molar-refractivity contribution in [3.63, 3.8) is 0 Å². The summed E-state index contributed by atoms with van der Waals surface area (Å²) in [5.74, 6) is 0.106. The maximum absolute atomic E-state index is 12.3. The Morgan fingerprint density at radius 3 is 2.57 bits per heavy atom. The van der Waals surface area contributed by atoms with E-state index >= 15 is 0 Å². The van der Waals surface area contributed by atoms with Crippen LogP contribution in [0, 0.1) is 5.92 Å². The Kier molecular flexibility index (Phi) is 4.62. The summed E-state index contributed by atoms with van der Waals surface area (Å²) in [7, 11) is 1.62. The smallest absolute Gasteiger partial charge is 0.352 e. The summed E-state index contributed by atoms with van der Waals surface area (Å²) in [6.07, 6.45) is 0.866. The van der Waals surface area contributed by atoms with Gasteiger partial charge in [0.25, 0.3) is 5.91 Å². The van der Waals surface area contributed by atoms with E-state index in [-0.39, 0.29) is 11.5 Å². The van der Waals surface area contributed by atoms with Gasteiger partial charge in [0, 0.05) is 19.2 Å². The fraction of sp³-hybridized carbons (Fsp3) is 0.375. The van der Waals surface area contributed by atoms with E-state index in [1.165, 1.54) is 4.74 Å². The quantitative estimate of drug-likeness (QED) is 0.919. The topological polar surface area (TPSA) is 64.2 Å². The maximum atomic E-state index is 12.3. The second kappa shape index (κ2) is 6.43. The molecule has 1 heterocycles. The summed E-state index contributed by atoms with van der Waals surface area (Å²) >= 11 is 0. The Labute approximate surface area is 123 Å². The molecule has 1 N–H and O–H groups in total. The van der Waals surface area contributed by atoms with Crippen LogP contribution in [0.15, 0.2) is 39.6 Å². The number of benzene rings is 1. The molecule has 1 aromatic heterocycles. The van der Waals surface area contributed by atoms with Gasteiger partial charge in [0.2, 0.25) is 0 Å². The lowest BCUT2D eigenvalue weighted by molar-refractivity contribution is 0.0950. The predicted octanol–water partition coefficient (Wildman–Crippen LogP) is 2.42. The molecule has 5 heteroatoms. The number of hydrogen-bond acceptors (Lipinski definition) is 3. The van der Waals surface area contributed by atoms with E-state index < -0.39 is 5.63 Å². The first kappa shape index (κ1) is 15.1. The second-order valence-electron chi connectivity index (χ2n) is 5.40. The van der Waals surface area contributed by atoms with Crippen LogP contribution in [-0.2, 0) is 7.05 Å². The van der Waals surface area contributed by atoms with Crippen molar-refractivity contribution in [3.05, 3.63) is 46.3 Å².